The fourth-order valence-corrected chi connectivity index (χ4v) is 4.51. The molecule has 1 aromatic heterocycles. The first-order chi connectivity index (χ1) is 14.0. The number of rotatable bonds is 9. The Morgan fingerprint density at radius 2 is 1.90 bits per heavy atom. The van der Waals surface area contributed by atoms with Crippen molar-refractivity contribution in [3.8, 4) is 0 Å². The number of nitrogens with zero attached hydrogens (tertiary/aromatic N) is 3. The Bertz CT molecular complexity index is 1030. The van der Waals surface area contributed by atoms with Gasteiger partial charge in [0.2, 0.25) is 0 Å². The molecule has 1 N–H and O–H groups in total. The van der Waals surface area contributed by atoms with E-state index in [1.54, 1.807) is 54.2 Å². The van der Waals surface area contributed by atoms with Crippen molar-refractivity contribution in [1.82, 2.24) is 15.1 Å². The lowest BCUT2D eigenvalue weighted by Crippen LogP contribution is -2.31. The Kier molecular flexibility index (Phi) is 6.66. The number of aromatic nitrogens is 2. The molecule has 0 unspecified atom stereocenters. The molecule has 0 spiro atoms. The highest BCUT2D eigenvalue weighted by atomic mass is 32.2. The number of nitrogens with one attached hydrogen (secondary N) is 1. The van der Waals surface area contributed by atoms with Crippen molar-refractivity contribution in [3.63, 3.8) is 0 Å². The number of hydrogen-bond acceptors (Lipinski definition) is 4. The summed E-state index contributed by atoms with van der Waals surface area (Å²) in [6.45, 7) is 3.24. The smallest absolute Gasteiger partial charge is 0.264 e. The van der Waals surface area contributed by atoms with Crippen molar-refractivity contribution in [2.45, 2.75) is 24.8 Å². The van der Waals surface area contributed by atoms with Crippen LogP contribution in [0.25, 0.3) is 0 Å². The molecule has 1 amide bonds. The van der Waals surface area contributed by atoms with Crippen molar-refractivity contribution in [2.24, 2.45) is 0 Å². The van der Waals surface area contributed by atoms with E-state index < -0.39 is 10.0 Å². The minimum Gasteiger partial charge on any atom is -0.352 e. The number of amides is 1. The molecule has 0 saturated carbocycles. The normalized spacial score (nSPS) is 11.2. The van der Waals surface area contributed by atoms with E-state index in [2.05, 4.69) is 10.4 Å². The fraction of sp³-hybridized carbons (Fsp3) is 0.238. The molecule has 0 atom stereocenters. The lowest BCUT2D eigenvalue weighted by Gasteiger charge is -2.23. The van der Waals surface area contributed by atoms with Crippen molar-refractivity contribution in [2.75, 3.05) is 17.4 Å². The standard InChI is InChI=1S/C21H24N4O3S/c1-2-25(19-10-4-3-5-11-19)29(27,28)20-12-6-9-18(17-20)21(26)22-13-7-15-24-16-8-14-23-24/h3-6,8-12,14,16-17H,2,7,13,15H2,1H3,(H,22,26). The number of carbonyl (C=O) groups is 1. The van der Waals surface area contributed by atoms with Crippen LogP contribution in [0.4, 0.5) is 5.69 Å². The van der Waals surface area contributed by atoms with Crippen molar-refractivity contribution >= 4 is 21.6 Å². The number of hydrogen-bond donors (Lipinski definition) is 1. The molecule has 0 aliphatic carbocycles. The molecule has 3 aromatic rings. The van der Waals surface area contributed by atoms with Crippen LogP contribution in [0.5, 0.6) is 0 Å². The largest absolute Gasteiger partial charge is 0.352 e. The van der Waals surface area contributed by atoms with E-state index in [-0.39, 0.29) is 17.3 Å². The summed E-state index contributed by atoms with van der Waals surface area (Å²) < 4.78 is 29.4. The number of carbonyl (C=O) groups excluding carboxylic acids is 1. The minimum atomic E-state index is -3.77. The predicted octanol–water partition coefficient (Wildman–Crippen LogP) is 2.92. The summed E-state index contributed by atoms with van der Waals surface area (Å²) in [6.07, 6.45) is 4.30. The third-order valence-electron chi connectivity index (χ3n) is 4.42. The molecule has 0 radical (unpaired) electrons. The number of sulfonamides is 1. The van der Waals surface area contributed by atoms with E-state index in [9.17, 15) is 13.2 Å². The molecule has 0 aliphatic rings. The second-order valence-corrected chi connectivity index (χ2v) is 8.27. The van der Waals surface area contributed by atoms with E-state index in [4.69, 9.17) is 0 Å². The zero-order valence-corrected chi connectivity index (χ0v) is 17.0. The quantitative estimate of drug-likeness (QED) is 0.548. The van der Waals surface area contributed by atoms with Gasteiger partial charge in [0, 0.05) is 37.6 Å². The Balaban J connectivity index is 1.69. The van der Waals surface area contributed by atoms with Gasteiger partial charge in [0.1, 0.15) is 0 Å². The van der Waals surface area contributed by atoms with Crippen LogP contribution < -0.4 is 9.62 Å². The van der Waals surface area contributed by atoms with Gasteiger partial charge >= 0.3 is 0 Å². The molecule has 0 fully saturated rings. The van der Waals surface area contributed by atoms with Crippen LogP contribution in [0, 0.1) is 0 Å². The predicted molar refractivity (Wildman–Crippen MR) is 112 cm³/mol. The lowest BCUT2D eigenvalue weighted by molar-refractivity contribution is 0.0952. The third kappa shape index (κ3) is 5.03. The van der Waals surface area contributed by atoms with Gasteiger partial charge in [-0.25, -0.2) is 8.42 Å². The highest BCUT2D eigenvalue weighted by Gasteiger charge is 2.24. The monoisotopic (exact) mass is 412 g/mol. The van der Waals surface area contributed by atoms with Gasteiger partial charge in [-0.15, -0.1) is 0 Å². The molecule has 0 bridgehead atoms. The number of anilines is 1. The van der Waals surface area contributed by atoms with Gasteiger partial charge < -0.3 is 5.32 Å². The second-order valence-electron chi connectivity index (χ2n) is 6.41. The van der Waals surface area contributed by atoms with Gasteiger partial charge in [0.25, 0.3) is 15.9 Å². The summed E-state index contributed by atoms with van der Waals surface area (Å²) >= 11 is 0. The van der Waals surface area contributed by atoms with Gasteiger partial charge in [-0.2, -0.15) is 5.10 Å². The van der Waals surface area contributed by atoms with Gasteiger partial charge in [-0.05, 0) is 49.7 Å². The average Bonchev–Trinajstić information content (AvgIpc) is 3.26. The van der Waals surface area contributed by atoms with E-state index in [1.807, 2.05) is 18.3 Å². The molecule has 0 aliphatic heterocycles. The van der Waals surface area contributed by atoms with Crippen molar-refractivity contribution in [1.29, 1.82) is 0 Å². The Labute approximate surface area is 171 Å². The Morgan fingerprint density at radius 1 is 1.10 bits per heavy atom. The van der Waals surface area contributed by atoms with Crippen LogP contribution in [-0.4, -0.2) is 37.2 Å². The lowest BCUT2D eigenvalue weighted by atomic mass is 10.2. The van der Waals surface area contributed by atoms with Crippen LogP contribution in [0.15, 0.2) is 78.0 Å². The summed E-state index contributed by atoms with van der Waals surface area (Å²) in [5, 5.41) is 6.94. The van der Waals surface area contributed by atoms with Gasteiger partial charge in [0.05, 0.1) is 10.6 Å². The SMILES string of the molecule is CCN(c1ccccc1)S(=O)(=O)c1cccc(C(=O)NCCCn2cccn2)c1. The van der Waals surface area contributed by atoms with E-state index >= 15 is 0 Å². The van der Waals surface area contributed by atoms with E-state index in [1.165, 1.54) is 16.4 Å². The summed E-state index contributed by atoms with van der Waals surface area (Å²) in [6, 6.07) is 16.9. The molecule has 29 heavy (non-hydrogen) atoms. The first kappa shape index (κ1) is 20.6. The molecule has 7 nitrogen and oxygen atoms in total. The molecule has 1 heterocycles. The van der Waals surface area contributed by atoms with Gasteiger partial charge in [0.15, 0.2) is 0 Å². The molecule has 152 valence electrons. The van der Waals surface area contributed by atoms with Crippen LogP contribution >= 0.6 is 0 Å². The molecular weight excluding hydrogens is 388 g/mol. The third-order valence-corrected chi connectivity index (χ3v) is 6.32. The summed E-state index contributed by atoms with van der Waals surface area (Å²) in [4.78, 5) is 12.5. The fourth-order valence-electron chi connectivity index (χ4n) is 2.99. The first-order valence-electron chi connectivity index (χ1n) is 9.46. The van der Waals surface area contributed by atoms with Crippen molar-refractivity contribution in [3.05, 3.63) is 78.6 Å². The molecule has 3 rings (SSSR count). The molecule has 8 heteroatoms. The maximum Gasteiger partial charge on any atom is 0.264 e. The maximum atomic E-state index is 13.1. The topological polar surface area (TPSA) is 84.3 Å². The number of aryl methyl sites for hydroxylation is 1. The zero-order chi connectivity index (χ0) is 20.7. The average molecular weight is 413 g/mol. The summed E-state index contributed by atoms with van der Waals surface area (Å²) in [5.41, 5.74) is 0.901. The Hall–Kier alpha value is -3.13. The van der Waals surface area contributed by atoms with Crippen LogP contribution in [0.3, 0.4) is 0 Å². The van der Waals surface area contributed by atoms with Crippen LogP contribution in [0.1, 0.15) is 23.7 Å². The van der Waals surface area contributed by atoms with E-state index in [0.717, 1.165) is 6.42 Å². The summed E-state index contributed by atoms with van der Waals surface area (Å²) in [5.74, 6) is -0.301. The van der Waals surface area contributed by atoms with Crippen molar-refractivity contribution < 1.29 is 13.2 Å². The Morgan fingerprint density at radius 3 is 2.59 bits per heavy atom. The second kappa shape index (κ2) is 9.38. The first-order valence-corrected chi connectivity index (χ1v) is 10.9. The van der Waals surface area contributed by atoms with E-state index in [0.29, 0.717) is 24.3 Å². The van der Waals surface area contributed by atoms with Gasteiger partial charge in [-0.3, -0.25) is 13.8 Å². The molecular formula is C21H24N4O3S. The van der Waals surface area contributed by atoms with Gasteiger partial charge in [-0.1, -0.05) is 24.3 Å². The zero-order valence-electron chi connectivity index (χ0n) is 16.2. The van der Waals surface area contributed by atoms with Crippen LogP contribution in [0.2, 0.25) is 0 Å². The number of para-hydroxylation sites is 1. The molecule has 0 saturated heterocycles. The highest BCUT2D eigenvalue weighted by molar-refractivity contribution is 7.92. The highest BCUT2D eigenvalue weighted by Crippen LogP contribution is 2.23. The van der Waals surface area contributed by atoms with Crippen LogP contribution in [-0.2, 0) is 16.6 Å². The minimum absolute atomic E-state index is 0.0902. The maximum absolute atomic E-state index is 13.1. The number of benzene rings is 2. The molecule has 2 aromatic carbocycles. The summed E-state index contributed by atoms with van der Waals surface area (Å²) in [7, 11) is -3.77.